The quantitative estimate of drug-likeness (QED) is 0.451. The van der Waals surface area contributed by atoms with E-state index in [1.165, 1.54) is 4.90 Å². The summed E-state index contributed by atoms with van der Waals surface area (Å²) in [5.41, 5.74) is 1.10. The number of anilines is 1. The van der Waals surface area contributed by atoms with Crippen LogP contribution in [0.15, 0.2) is 48.5 Å². The summed E-state index contributed by atoms with van der Waals surface area (Å²) >= 11 is 0. The van der Waals surface area contributed by atoms with E-state index in [0.717, 1.165) is 41.8 Å². The van der Waals surface area contributed by atoms with Crippen molar-refractivity contribution in [2.24, 2.45) is 0 Å². The first-order chi connectivity index (χ1) is 17.6. The van der Waals surface area contributed by atoms with E-state index < -0.39 is 28.5 Å². The van der Waals surface area contributed by atoms with Crippen molar-refractivity contribution in [2.45, 2.75) is 58.2 Å². The number of sulfonamides is 1. The molecular weight excluding hydrogens is 494 g/mol. The highest BCUT2D eigenvalue weighted by atomic mass is 32.2. The molecule has 2 aromatic carbocycles. The highest BCUT2D eigenvalue weighted by Crippen LogP contribution is 2.23. The Bertz CT molecular complexity index is 1160. The molecule has 2 aromatic rings. The van der Waals surface area contributed by atoms with Crippen molar-refractivity contribution in [1.82, 2.24) is 10.2 Å². The second kappa shape index (κ2) is 12.8. The zero-order chi connectivity index (χ0) is 27.0. The van der Waals surface area contributed by atoms with Crippen molar-refractivity contribution in [2.75, 3.05) is 30.8 Å². The van der Waals surface area contributed by atoms with Gasteiger partial charge in [0.25, 0.3) is 0 Å². The van der Waals surface area contributed by atoms with Crippen LogP contribution in [-0.2, 0) is 26.2 Å². The SMILES string of the molecule is CCOc1ccc(N(CC(=O)N(Cc2cccc(OC)c2)C(C)C(=O)NC2CCCC2)S(C)(=O)=O)cc1. The maximum Gasteiger partial charge on any atom is 0.244 e. The van der Waals surface area contributed by atoms with E-state index in [2.05, 4.69) is 5.32 Å². The maximum absolute atomic E-state index is 13.7. The fourth-order valence-corrected chi connectivity index (χ4v) is 5.28. The molecule has 0 aromatic heterocycles. The Labute approximate surface area is 219 Å². The molecular formula is C27H37N3O6S. The van der Waals surface area contributed by atoms with Gasteiger partial charge in [-0.25, -0.2) is 8.42 Å². The number of nitrogens with one attached hydrogen (secondary N) is 1. The molecule has 0 spiro atoms. The number of nitrogens with zero attached hydrogens (tertiary/aromatic N) is 2. The highest BCUT2D eigenvalue weighted by Gasteiger charge is 2.31. The Morgan fingerprint density at radius 1 is 1.08 bits per heavy atom. The van der Waals surface area contributed by atoms with Crippen LogP contribution in [0.25, 0.3) is 0 Å². The highest BCUT2D eigenvalue weighted by molar-refractivity contribution is 7.92. The van der Waals surface area contributed by atoms with Gasteiger partial charge in [0, 0.05) is 12.6 Å². The number of carbonyl (C=O) groups is 2. The molecule has 3 rings (SSSR count). The summed E-state index contributed by atoms with van der Waals surface area (Å²) in [4.78, 5) is 28.2. The lowest BCUT2D eigenvalue weighted by atomic mass is 10.1. The minimum absolute atomic E-state index is 0.0973. The number of benzene rings is 2. The summed E-state index contributed by atoms with van der Waals surface area (Å²) in [6, 6.07) is 13.0. The van der Waals surface area contributed by atoms with Gasteiger partial charge in [-0.3, -0.25) is 13.9 Å². The Balaban J connectivity index is 1.87. The summed E-state index contributed by atoms with van der Waals surface area (Å²) in [7, 11) is -2.24. The van der Waals surface area contributed by atoms with Gasteiger partial charge in [-0.05, 0) is 68.7 Å². The fraction of sp³-hybridized carbons (Fsp3) is 0.481. The first-order valence-electron chi connectivity index (χ1n) is 12.6. The number of hydrogen-bond donors (Lipinski definition) is 1. The Morgan fingerprint density at radius 2 is 1.76 bits per heavy atom. The maximum atomic E-state index is 13.7. The van der Waals surface area contributed by atoms with Crippen LogP contribution in [0.1, 0.15) is 45.1 Å². The monoisotopic (exact) mass is 531 g/mol. The summed E-state index contributed by atoms with van der Waals surface area (Å²) < 4.78 is 37.2. The molecule has 37 heavy (non-hydrogen) atoms. The number of hydrogen-bond acceptors (Lipinski definition) is 6. The van der Waals surface area contributed by atoms with Crippen LogP contribution >= 0.6 is 0 Å². The number of rotatable bonds is 12. The Hall–Kier alpha value is -3.27. The van der Waals surface area contributed by atoms with E-state index in [1.807, 2.05) is 19.1 Å². The molecule has 10 heteroatoms. The lowest BCUT2D eigenvalue weighted by Crippen LogP contribution is -2.52. The first kappa shape index (κ1) is 28.3. The topological polar surface area (TPSA) is 105 Å². The molecule has 2 amide bonds. The van der Waals surface area contributed by atoms with Gasteiger partial charge in [-0.1, -0.05) is 25.0 Å². The van der Waals surface area contributed by atoms with E-state index in [1.54, 1.807) is 50.4 Å². The van der Waals surface area contributed by atoms with Crippen molar-refractivity contribution in [3.05, 3.63) is 54.1 Å². The van der Waals surface area contributed by atoms with Crippen molar-refractivity contribution < 1.29 is 27.5 Å². The van der Waals surface area contributed by atoms with E-state index in [-0.39, 0.29) is 18.5 Å². The van der Waals surface area contributed by atoms with Gasteiger partial charge in [-0.2, -0.15) is 0 Å². The van der Waals surface area contributed by atoms with Crippen molar-refractivity contribution in [3.63, 3.8) is 0 Å². The second-order valence-corrected chi connectivity index (χ2v) is 11.1. The molecule has 1 unspecified atom stereocenters. The second-order valence-electron chi connectivity index (χ2n) is 9.24. The normalized spacial score (nSPS) is 14.6. The van der Waals surface area contributed by atoms with Crippen molar-refractivity contribution in [1.29, 1.82) is 0 Å². The van der Waals surface area contributed by atoms with Gasteiger partial charge in [0.15, 0.2) is 0 Å². The molecule has 1 aliphatic carbocycles. The smallest absolute Gasteiger partial charge is 0.244 e. The lowest BCUT2D eigenvalue weighted by molar-refractivity contribution is -0.139. The molecule has 1 fully saturated rings. The minimum atomic E-state index is -3.80. The zero-order valence-corrected chi connectivity index (χ0v) is 22.8. The summed E-state index contributed by atoms with van der Waals surface area (Å²) in [6.45, 7) is 3.68. The average molecular weight is 532 g/mol. The molecule has 1 N–H and O–H groups in total. The standard InChI is InChI=1S/C27H37N3O6S/c1-5-36-24-15-13-23(14-16-24)30(37(4,33)34)19-26(31)29(18-21-9-8-12-25(17-21)35-3)20(2)27(32)28-22-10-6-7-11-22/h8-9,12-17,20,22H,5-7,10-11,18-19H2,1-4H3,(H,28,32). The van der Waals surface area contributed by atoms with Crippen LogP contribution < -0.4 is 19.1 Å². The van der Waals surface area contributed by atoms with Crippen LogP contribution in [-0.4, -0.2) is 63.7 Å². The zero-order valence-electron chi connectivity index (χ0n) is 22.0. The van der Waals surface area contributed by atoms with Gasteiger partial charge in [0.2, 0.25) is 21.8 Å². The van der Waals surface area contributed by atoms with Crippen LogP contribution in [0.2, 0.25) is 0 Å². The van der Waals surface area contributed by atoms with Crippen LogP contribution in [0.3, 0.4) is 0 Å². The predicted molar refractivity (Wildman–Crippen MR) is 143 cm³/mol. The predicted octanol–water partition coefficient (Wildman–Crippen LogP) is 3.34. The third-order valence-electron chi connectivity index (χ3n) is 6.47. The molecule has 0 aliphatic heterocycles. The Kier molecular flexibility index (Phi) is 9.79. The molecule has 202 valence electrons. The molecule has 9 nitrogen and oxygen atoms in total. The van der Waals surface area contributed by atoms with E-state index in [9.17, 15) is 18.0 Å². The molecule has 0 saturated heterocycles. The number of ether oxygens (including phenoxy) is 2. The van der Waals surface area contributed by atoms with Gasteiger partial charge in [-0.15, -0.1) is 0 Å². The molecule has 1 atom stereocenters. The summed E-state index contributed by atoms with van der Waals surface area (Å²) in [5.74, 6) is 0.481. The molecule has 1 saturated carbocycles. The van der Waals surface area contributed by atoms with Crippen molar-refractivity contribution >= 4 is 27.5 Å². The Morgan fingerprint density at radius 3 is 2.35 bits per heavy atom. The van der Waals surface area contributed by atoms with Crippen LogP contribution in [0, 0.1) is 0 Å². The van der Waals surface area contributed by atoms with Gasteiger partial charge in [0.05, 0.1) is 25.7 Å². The van der Waals surface area contributed by atoms with Crippen LogP contribution in [0.5, 0.6) is 11.5 Å². The third-order valence-corrected chi connectivity index (χ3v) is 7.61. The van der Waals surface area contributed by atoms with Gasteiger partial charge in [0.1, 0.15) is 24.1 Å². The van der Waals surface area contributed by atoms with Crippen molar-refractivity contribution in [3.8, 4) is 11.5 Å². The lowest BCUT2D eigenvalue weighted by Gasteiger charge is -2.32. The molecule has 0 bridgehead atoms. The van der Waals surface area contributed by atoms with Gasteiger partial charge < -0.3 is 19.7 Å². The van der Waals surface area contributed by atoms with Crippen LogP contribution in [0.4, 0.5) is 5.69 Å². The minimum Gasteiger partial charge on any atom is -0.497 e. The number of carbonyl (C=O) groups excluding carboxylic acids is 2. The molecule has 0 radical (unpaired) electrons. The largest absolute Gasteiger partial charge is 0.497 e. The molecule has 1 aliphatic rings. The van der Waals surface area contributed by atoms with E-state index in [4.69, 9.17) is 9.47 Å². The third kappa shape index (κ3) is 7.85. The number of methoxy groups -OCH3 is 1. The fourth-order valence-electron chi connectivity index (χ4n) is 4.43. The average Bonchev–Trinajstić information content (AvgIpc) is 3.38. The number of amides is 2. The molecule has 0 heterocycles. The van der Waals surface area contributed by atoms with E-state index in [0.29, 0.717) is 23.8 Å². The van der Waals surface area contributed by atoms with Gasteiger partial charge >= 0.3 is 0 Å². The van der Waals surface area contributed by atoms with E-state index >= 15 is 0 Å². The summed E-state index contributed by atoms with van der Waals surface area (Å²) in [6.07, 6.45) is 5.03. The first-order valence-corrected chi connectivity index (χ1v) is 14.4. The summed E-state index contributed by atoms with van der Waals surface area (Å²) in [5, 5.41) is 3.05.